The first kappa shape index (κ1) is 17.4. The van der Waals surface area contributed by atoms with Crippen molar-refractivity contribution < 1.29 is 8.42 Å². The molecule has 3 heterocycles. The predicted molar refractivity (Wildman–Crippen MR) is 97.6 cm³/mol. The summed E-state index contributed by atoms with van der Waals surface area (Å²) in [5.74, 6) is 1.53. The lowest BCUT2D eigenvalue weighted by atomic mass is 9.96. The molecular formula is C17H24N6O2S. The Morgan fingerprint density at radius 3 is 2.62 bits per heavy atom. The van der Waals surface area contributed by atoms with Gasteiger partial charge in [-0.25, -0.2) is 13.4 Å². The number of anilines is 1. The van der Waals surface area contributed by atoms with Crippen molar-refractivity contribution in [1.29, 1.82) is 0 Å². The predicted octanol–water partition coefficient (Wildman–Crippen LogP) is 0.907. The van der Waals surface area contributed by atoms with E-state index in [-0.39, 0.29) is 11.1 Å². The van der Waals surface area contributed by atoms with Crippen LogP contribution in [0.3, 0.4) is 0 Å². The zero-order chi connectivity index (χ0) is 18.5. The molecule has 0 amide bonds. The van der Waals surface area contributed by atoms with Crippen LogP contribution in [0.5, 0.6) is 0 Å². The van der Waals surface area contributed by atoms with Crippen LogP contribution in [-0.4, -0.2) is 58.7 Å². The standard InChI is InChI=1S/C17H24N6O2S/c1-12-18-17(11-21(12)2)26(24,25)22(3)14-9-23(10-14)16-8-13-6-4-5-7-15(13)19-20-16/h8,11,14H,4-7,9-10H2,1-3H3. The van der Waals surface area contributed by atoms with Gasteiger partial charge >= 0.3 is 0 Å². The lowest BCUT2D eigenvalue weighted by molar-refractivity contribution is 0.308. The molecule has 0 saturated carbocycles. The maximum Gasteiger partial charge on any atom is 0.262 e. The lowest BCUT2D eigenvalue weighted by Crippen LogP contribution is -2.60. The van der Waals surface area contributed by atoms with E-state index >= 15 is 0 Å². The van der Waals surface area contributed by atoms with Crippen molar-refractivity contribution in [2.75, 3.05) is 25.0 Å². The number of rotatable bonds is 4. The number of fused-ring (bicyclic) bond motifs is 1. The Bertz CT molecular complexity index is 913. The summed E-state index contributed by atoms with van der Waals surface area (Å²) < 4.78 is 28.7. The van der Waals surface area contributed by atoms with Gasteiger partial charge in [0.25, 0.3) is 10.0 Å². The van der Waals surface area contributed by atoms with E-state index in [1.165, 1.54) is 22.7 Å². The molecule has 1 fully saturated rings. The van der Waals surface area contributed by atoms with Crippen molar-refractivity contribution in [3.05, 3.63) is 29.3 Å². The SMILES string of the molecule is Cc1nc(S(=O)(=O)N(C)C2CN(c3cc4c(nn3)CCCC4)C2)cn1C. The molecule has 140 valence electrons. The van der Waals surface area contributed by atoms with Gasteiger partial charge in [0, 0.05) is 33.4 Å². The fourth-order valence-corrected chi connectivity index (χ4v) is 4.86. The monoisotopic (exact) mass is 376 g/mol. The minimum atomic E-state index is -3.58. The summed E-state index contributed by atoms with van der Waals surface area (Å²) >= 11 is 0. The molecule has 8 nitrogen and oxygen atoms in total. The third kappa shape index (κ3) is 2.88. The molecule has 2 aliphatic rings. The van der Waals surface area contributed by atoms with Crippen LogP contribution < -0.4 is 4.90 Å². The van der Waals surface area contributed by atoms with Gasteiger partial charge < -0.3 is 9.47 Å². The molecule has 1 aliphatic carbocycles. The Morgan fingerprint density at radius 1 is 1.19 bits per heavy atom. The van der Waals surface area contributed by atoms with E-state index in [2.05, 4.69) is 26.1 Å². The minimum absolute atomic E-state index is 0.0832. The molecular weight excluding hydrogens is 352 g/mol. The van der Waals surface area contributed by atoms with Crippen LogP contribution in [-0.2, 0) is 29.9 Å². The van der Waals surface area contributed by atoms with Gasteiger partial charge in [-0.05, 0) is 44.2 Å². The number of aromatic nitrogens is 4. The topological polar surface area (TPSA) is 84.2 Å². The molecule has 0 radical (unpaired) electrons. The summed E-state index contributed by atoms with van der Waals surface area (Å²) in [5.41, 5.74) is 2.40. The summed E-state index contributed by atoms with van der Waals surface area (Å²) in [6.45, 7) is 3.03. The fourth-order valence-electron chi connectivity index (χ4n) is 3.50. The zero-order valence-corrected chi connectivity index (χ0v) is 16.2. The van der Waals surface area contributed by atoms with Crippen LogP contribution in [0.2, 0.25) is 0 Å². The van der Waals surface area contributed by atoms with E-state index in [4.69, 9.17) is 0 Å². The highest BCUT2D eigenvalue weighted by molar-refractivity contribution is 7.89. The molecule has 0 aromatic carbocycles. The lowest BCUT2D eigenvalue weighted by Gasteiger charge is -2.43. The average molecular weight is 376 g/mol. The number of imidazole rings is 1. The maximum atomic E-state index is 12.8. The van der Waals surface area contributed by atoms with E-state index in [1.807, 2.05) is 0 Å². The Kier molecular flexibility index (Phi) is 4.23. The molecule has 0 unspecified atom stereocenters. The summed E-state index contributed by atoms with van der Waals surface area (Å²) in [4.78, 5) is 6.25. The first-order chi connectivity index (χ1) is 12.4. The normalized spacial score (nSPS) is 18.1. The van der Waals surface area contributed by atoms with Crippen molar-refractivity contribution in [3.8, 4) is 0 Å². The first-order valence-electron chi connectivity index (χ1n) is 8.94. The zero-order valence-electron chi connectivity index (χ0n) is 15.4. The van der Waals surface area contributed by atoms with Crippen LogP contribution in [0.4, 0.5) is 5.82 Å². The highest BCUT2D eigenvalue weighted by Crippen LogP contribution is 2.27. The second kappa shape index (κ2) is 6.31. The van der Waals surface area contributed by atoms with Crippen molar-refractivity contribution in [2.45, 2.75) is 43.7 Å². The van der Waals surface area contributed by atoms with Gasteiger partial charge in [0.1, 0.15) is 5.82 Å². The molecule has 4 rings (SSSR count). The van der Waals surface area contributed by atoms with Gasteiger partial charge in [-0.15, -0.1) is 5.10 Å². The van der Waals surface area contributed by atoms with E-state index in [0.29, 0.717) is 18.9 Å². The average Bonchev–Trinajstić information content (AvgIpc) is 2.93. The fraction of sp³-hybridized carbons (Fsp3) is 0.588. The number of likely N-dealkylation sites (N-methyl/N-ethyl adjacent to an activating group) is 1. The van der Waals surface area contributed by atoms with Gasteiger partial charge in [-0.2, -0.15) is 9.40 Å². The van der Waals surface area contributed by atoms with E-state index in [1.54, 1.807) is 31.8 Å². The second-order valence-corrected chi connectivity index (χ2v) is 9.14. The maximum absolute atomic E-state index is 12.8. The molecule has 0 N–H and O–H groups in total. The van der Waals surface area contributed by atoms with Crippen LogP contribution in [0.1, 0.15) is 29.9 Å². The quantitative estimate of drug-likeness (QED) is 0.789. The highest BCUT2D eigenvalue weighted by atomic mass is 32.2. The Hall–Kier alpha value is -2.00. The van der Waals surface area contributed by atoms with Gasteiger partial charge in [0.05, 0.1) is 11.7 Å². The number of aryl methyl sites for hydroxylation is 4. The Labute approximate surface area is 153 Å². The Balaban J connectivity index is 1.45. The van der Waals surface area contributed by atoms with Crippen LogP contribution >= 0.6 is 0 Å². The number of nitrogens with zero attached hydrogens (tertiary/aromatic N) is 6. The smallest absolute Gasteiger partial charge is 0.262 e. The summed E-state index contributed by atoms with van der Waals surface area (Å²) in [7, 11) is -0.164. The van der Waals surface area contributed by atoms with Crippen LogP contribution in [0, 0.1) is 6.92 Å². The van der Waals surface area contributed by atoms with Gasteiger partial charge in [0.15, 0.2) is 10.8 Å². The van der Waals surface area contributed by atoms with Gasteiger partial charge in [0.2, 0.25) is 0 Å². The number of hydrogen-bond donors (Lipinski definition) is 0. The van der Waals surface area contributed by atoms with Crippen molar-refractivity contribution >= 4 is 15.8 Å². The number of sulfonamides is 1. The summed E-state index contributed by atoms with van der Waals surface area (Å²) in [5, 5.41) is 8.80. The summed E-state index contributed by atoms with van der Waals surface area (Å²) in [6.07, 6.45) is 6.01. The summed E-state index contributed by atoms with van der Waals surface area (Å²) in [6, 6.07) is 2.04. The third-order valence-electron chi connectivity index (χ3n) is 5.49. The molecule has 1 aliphatic heterocycles. The molecule has 1 saturated heterocycles. The number of hydrogen-bond acceptors (Lipinski definition) is 6. The molecule has 2 aromatic heterocycles. The third-order valence-corrected chi connectivity index (χ3v) is 7.27. The minimum Gasteiger partial charge on any atom is -0.352 e. The van der Waals surface area contributed by atoms with Gasteiger partial charge in [-0.1, -0.05) is 0 Å². The van der Waals surface area contributed by atoms with Crippen molar-refractivity contribution in [2.24, 2.45) is 7.05 Å². The van der Waals surface area contributed by atoms with Crippen LogP contribution in [0.15, 0.2) is 17.3 Å². The second-order valence-electron chi connectivity index (χ2n) is 7.20. The Morgan fingerprint density at radius 2 is 1.92 bits per heavy atom. The molecule has 0 spiro atoms. The largest absolute Gasteiger partial charge is 0.352 e. The first-order valence-corrected chi connectivity index (χ1v) is 10.4. The molecule has 26 heavy (non-hydrogen) atoms. The molecule has 9 heteroatoms. The highest BCUT2D eigenvalue weighted by Gasteiger charge is 2.38. The van der Waals surface area contributed by atoms with E-state index in [0.717, 1.165) is 24.4 Å². The van der Waals surface area contributed by atoms with E-state index in [9.17, 15) is 8.42 Å². The van der Waals surface area contributed by atoms with Crippen LogP contribution in [0.25, 0.3) is 0 Å². The van der Waals surface area contributed by atoms with Crippen molar-refractivity contribution in [1.82, 2.24) is 24.1 Å². The molecule has 0 atom stereocenters. The van der Waals surface area contributed by atoms with Crippen molar-refractivity contribution in [3.63, 3.8) is 0 Å². The van der Waals surface area contributed by atoms with Gasteiger partial charge in [-0.3, -0.25) is 0 Å². The van der Waals surface area contributed by atoms with E-state index < -0.39 is 10.0 Å². The molecule has 2 aromatic rings. The molecule has 0 bridgehead atoms.